The second-order valence-corrected chi connectivity index (χ2v) is 5.23. The van der Waals surface area contributed by atoms with Gasteiger partial charge in [0.2, 0.25) is 0 Å². The van der Waals surface area contributed by atoms with Crippen molar-refractivity contribution in [1.82, 2.24) is 5.32 Å². The van der Waals surface area contributed by atoms with Crippen LogP contribution in [-0.2, 0) is 19.1 Å². The zero-order chi connectivity index (χ0) is 18.7. The van der Waals surface area contributed by atoms with E-state index in [-0.39, 0.29) is 26.1 Å². The highest BCUT2D eigenvalue weighted by Crippen LogP contribution is 2.10. The fraction of sp³-hybridized carbons (Fsp3) is 0.500. The van der Waals surface area contributed by atoms with Crippen LogP contribution < -0.4 is 10.6 Å². The molecule has 0 unspecified atom stereocenters. The highest BCUT2D eigenvalue weighted by Gasteiger charge is 2.23. The van der Waals surface area contributed by atoms with Crippen LogP contribution in [0.5, 0.6) is 0 Å². The SMILES string of the molecule is CCNc1ccc(C(=O)N[C@@H](CCC(=O)OCC)C(=O)OCC)cc1. The summed E-state index contributed by atoms with van der Waals surface area (Å²) in [5.41, 5.74) is 1.33. The van der Waals surface area contributed by atoms with Crippen molar-refractivity contribution in [3.63, 3.8) is 0 Å². The van der Waals surface area contributed by atoms with Gasteiger partial charge in [0.1, 0.15) is 6.04 Å². The summed E-state index contributed by atoms with van der Waals surface area (Å²) >= 11 is 0. The lowest BCUT2D eigenvalue weighted by Crippen LogP contribution is -2.42. The van der Waals surface area contributed by atoms with Gasteiger partial charge in [-0.1, -0.05) is 0 Å². The van der Waals surface area contributed by atoms with Crippen LogP contribution >= 0.6 is 0 Å². The van der Waals surface area contributed by atoms with E-state index in [1.165, 1.54) is 0 Å². The van der Waals surface area contributed by atoms with E-state index in [1.54, 1.807) is 38.1 Å². The minimum atomic E-state index is -0.898. The van der Waals surface area contributed by atoms with Gasteiger partial charge in [0, 0.05) is 24.2 Å². The molecule has 0 saturated carbocycles. The molecule has 0 aliphatic rings. The van der Waals surface area contributed by atoms with Gasteiger partial charge in [-0.05, 0) is 51.5 Å². The number of nitrogens with one attached hydrogen (secondary N) is 2. The molecule has 0 aliphatic carbocycles. The second-order valence-electron chi connectivity index (χ2n) is 5.23. The van der Waals surface area contributed by atoms with Crippen LogP contribution in [0.1, 0.15) is 44.0 Å². The smallest absolute Gasteiger partial charge is 0.328 e. The van der Waals surface area contributed by atoms with Gasteiger partial charge in [0.25, 0.3) is 5.91 Å². The van der Waals surface area contributed by atoms with E-state index in [0.29, 0.717) is 5.56 Å². The maximum Gasteiger partial charge on any atom is 0.328 e. The zero-order valence-electron chi connectivity index (χ0n) is 15.0. The van der Waals surface area contributed by atoms with Gasteiger partial charge < -0.3 is 20.1 Å². The number of anilines is 1. The Balaban J connectivity index is 2.72. The van der Waals surface area contributed by atoms with Crippen molar-refractivity contribution < 1.29 is 23.9 Å². The first-order chi connectivity index (χ1) is 12.0. The summed E-state index contributed by atoms with van der Waals surface area (Å²) in [6.07, 6.45) is 0.149. The number of hydrogen-bond acceptors (Lipinski definition) is 6. The normalized spacial score (nSPS) is 11.3. The van der Waals surface area contributed by atoms with Crippen LogP contribution in [0.25, 0.3) is 0 Å². The molecule has 138 valence electrons. The van der Waals surface area contributed by atoms with Crippen molar-refractivity contribution in [2.24, 2.45) is 0 Å². The quantitative estimate of drug-likeness (QED) is 0.628. The maximum atomic E-state index is 12.3. The lowest BCUT2D eigenvalue weighted by Gasteiger charge is -2.17. The molecule has 0 fully saturated rings. The second kappa shape index (κ2) is 11.1. The first kappa shape index (κ1) is 20.5. The Hall–Kier alpha value is -2.57. The topological polar surface area (TPSA) is 93.7 Å². The third-order valence-electron chi connectivity index (χ3n) is 3.35. The molecule has 7 heteroatoms. The Labute approximate surface area is 148 Å². The molecule has 0 aliphatic heterocycles. The molecule has 0 saturated heterocycles. The molecule has 0 heterocycles. The Kier molecular flexibility index (Phi) is 9.06. The Bertz CT molecular complexity index is 571. The monoisotopic (exact) mass is 350 g/mol. The van der Waals surface area contributed by atoms with E-state index in [1.807, 2.05) is 6.92 Å². The zero-order valence-corrected chi connectivity index (χ0v) is 15.0. The molecule has 0 spiro atoms. The molecule has 1 atom stereocenters. The van der Waals surface area contributed by atoms with Crippen molar-refractivity contribution in [2.75, 3.05) is 25.1 Å². The van der Waals surface area contributed by atoms with E-state index < -0.39 is 23.9 Å². The summed E-state index contributed by atoms with van der Waals surface area (Å²) in [7, 11) is 0. The standard InChI is InChI=1S/C18H26N2O5/c1-4-19-14-9-7-13(8-10-14)17(22)20-15(18(23)25-6-3)11-12-16(21)24-5-2/h7-10,15,19H,4-6,11-12H2,1-3H3,(H,20,22)/t15-/m0/s1. The summed E-state index contributed by atoms with van der Waals surface area (Å²) in [6, 6.07) is 6.01. The number of rotatable bonds is 10. The fourth-order valence-corrected chi connectivity index (χ4v) is 2.17. The Morgan fingerprint density at radius 2 is 1.64 bits per heavy atom. The average Bonchev–Trinajstić information content (AvgIpc) is 2.59. The average molecular weight is 350 g/mol. The summed E-state index contributed by atoms with van der Waals surface area (Å²) in [5.74, 6) is -1.38. The molecule has 7 nitrogen and oxygen atoms in total. The van der Waals surface area contributed by atoms with Crippen LogP contribution in [0.2, 0.25) is 0 Å². The van der Waals surface area contributed by atoms with Crippen molar-refractivity contribution in [3.05, 3.63) is 29.8 Å². The van der Waals surface area contributed by atoms with Crippen molar-refractivity contribution in [1.29, 1.82) is 0 Å². The maximum absolute atomic E-state index is 12.3. The lowest BCUT2D eigenvalue weighted by atomic mass is 10.1. The van der Waals surface area contributed by atoms with Crippen LogP contribution in [0.3, 0.4) is 0 Å². The molecule has 2 N–H and O–H groups in total. The Morgan fingerprint density at radius 3 is 2.20 bits per heavy atom. The van der Waals surface area contributed by atoms with Gasteiger partial charge in [-0.15, -0.1) is 0 Å². The summed E-state index contributed by atoms with van der Waals surface area (Å²) < 4.78 is 9.82. The molecular formula is C18H26N2O5. The van der Waals surface area contributed by atoms with Crippen molar-refractivity contribution in [3.8, 4) is 0 Å². The minimum absolute atomic E-state index is 0.0248. The number of esters is 2. The van der Waals surface area contributed by atoms with Crippen LogP contribution in [0.15, 0.2) is 24.3 Å². The molecule has 0 aromatic heterocycles. The van der Waals surface area contributed by atoms with E-state index in [0.717, 1.165) is 12.2 Å². The molecular weight excluding hydrogens is 324 g/mol. The molecule has 25 heavy (non-hydrogen) atoms. The molecule has 0 radical (unpaired) electrons. The number of ether oxygens (including phenoxy) is 2. The van der Waals surface area contributed by atoms with E-state index >= 15 is 0 Å². The Morgan fingerprint density at radius 1 is 1.00 bits per heavy atom. The van der Waals surface area contributed by atoms with E-state index in [2.05, 4.69) is 10.6 Å². The molecule has 1 rings (SSSR count). The number of carbonyl (C=O) groups excluding carboxylic acids is 3. The molecule has 1 aromatic carbocycles. The number of benzene rings is 1. The van der Waals surface area contributed by atoms with Crippen LogP contribution in [0.4, 0.5) is 5.69 Å². The van der Waals surface area contributed by atoms with Gasteiger partial charge in [-0.2, -0.15) is 0 Å². The van der Waals surface area contributed by atoms with Crippen molar-refractivity contribution in [2.45, 2.75) is 39.7 Å². The number of carbonyl (C=O) groups is 3. The largest absolute Gasteiger partial charge is 0.466 e. The molecule has 1 amide bonds. The first-order valence-corrected chi connectivity index (χ1v) is 8.48. The van der Waals surface area contributed by atoms with E-state index in [4.69, 9.17) is 9.47 Å². The van der Waals surface area contributed by atoms with Gasteiger partial charge in [-0.25, -0.2) is 4.79 Å². The van der Waals surface area contributed by atoms with E-state index in [9.17, 15) is 14.4 Å². The summed E-state index contributed by atoms with van der Waals surface area (Å²) in [5, 5.41) is 5.76. The number of amides is 1. The number of hydrogen-bond donors (Lipinski definition) is 2. The third-order valence-corrected chi connectivity index (χ3v) is 3.35. The highest BCUT2D eigenvalue weighted by atomic mass is 16.5. The van der Waals surface area contributed by atoms with Gasteiger partial charge in [-0.3, -0.25) is 9.59 Å². The van der Waals surface area contributed by atoms with Gasteiger partial charge in [0.05, 0.1) is 13.2 Å². The predicted octanol–water partition coefficient (Wildman–Crippen LogP) is 2.12. The van der Waals surface area contributed by atoms with Crippen LogP contribution in [-0.4, -0.2) is 43.6 Å². The summed E-state index contributed by atoms with van der Waals surface area (Å²) in [6.45, 7) is 6.62. The van der Waals surface area contributed by atoms with Crippen molar-refractivity contribution >= 4 is 23.5 Å². The fourth-order valence-electron chi connectivity index (χ4n) is 2.17. The molecule has 0 bridgehead atoms. The van der Waals surface area contributed by atoms with Gasteiger partial charge in [0.15, 0.2) is 0 Å². The summed E-state index contributed by atoms with van der Waals surface area (Å²) in [4.78, 5) is 35.9. The van der Waals surface area contributed by atoms with Crippen LogP contribution in [0, 0.1) is 0 Å². The minimum Gasteiger partial charge on any atom is -0.466 e. The lowest BCUT2D eigenvalue weighted by molar-refractivity contribution is -0.146. The highest BCUT2D eigenvalue weighted by molar-refractivity contribution is 5.97. The van der Waals surface area contributed by atoms with Gasteiger partial charge >= 0.3 is 11.9 Å². The first-order valence-electron chi connectivity index (χ1n) is 8.48. The third kappa shape index (κ3) is 7.24. The predicted molar refractivity (Wildman–Crippen MR) is 94.4 cm³/mol. The molecule has 1 aromatic rings.